The number of nitrogens with one attached hydrogen (secondary N) is 1. The smallest absolute Gasteiger partial charge is 0.257 e. The van der Waals surface area contributed by atoms with Gasteiger partial charge >= 0.3 is 0 Å². The molecule has 0 saturated carbocycles. The van der Waals surface area contributed by atoms with Crippen molar-refractivity contribution in [2.75, 3.05) is 11.9 Å². The summed E-state index contributed by atoms with van der Waals surface area (Å²) in [5.74, 6) is 0.815. The van der Waals surface area contributed by atoms with Gasteiger partial charge in [-0.05, 0) is 37.6 Å². The summed E-state index contributed by atoms with van der Waals surface area (Å²) < 4.78 is 11.5. The quantitative estimate of drug-likeness (QED) is 0.637. The number of aryl methyl sites for hydroxylation is 1. The number of rotatable bonds is 8. The largest absolute Gasteiger partial charge is 0.490 e. The molecule has 3 rings (SSSR count). The summed E-state index contributed by atoms with van der Waals surface area (Å²) in [5.41, 5.74) is 1.41. The van der Waals surface area contributed by atoms with Crippen LogP contribution in [0.5, 0.6) is 11.5 Å². The highest BCUT2D eigenvalue weighted by atomic mass is 32.1. The predicted molar refractivity (Wildman–Crippen MR) is 103 cm³/mol. The monoisotopic (exact) mass is 384 g/mol. The second-order valence-corrected chi connectivity index (χ2v) is 6.62. The molecule has 1 N–H and O–H groups in total. The van der Waals surface area contributed by atoms with Crippen LogP contribution in [-0.2, 0) is 13.0 Å². The fraction of sp³-hybridized carbons (Fsp3) is 0.263. The minimum atomic E-state index is -0.270. The Morgan fingerprint density at radius 3 is 2.74 bits per heavy atom. The van der Waals surface area contributed by atoms with Crippen molar-refractivity contribution in [2.45, 2.75) is 26.9 Å². The zero-order chi connectivity index (χ0) is 19.1. The van der Waals surface area contributed by atoms with E-state index in [2.05, 4.69) is 20.5 Å². The number of hydrogen-bond donors (Lipinski definition) is 1. The van der Waals surface area contributed by atoms with Crippen molar-refractivity contribution in [3.8, 4) is 11.5 Å². The number of pyridine rings is 1. The Bertz CT molecular complexity index is 899. The second-order valence-electron chi connectivity index (χ2n) is 5.55. The first-order chi connectivity index (χ1) is 13.2. The van der Waals surface area contributed by atoms with E-state index in [-0.39, 0.29) is 5.91 Å². The molecule has 1 amide bonds. The second kappa shape index (κ2) is 9.09. The van der Waals surface area contributed by atoms with Gasteiger partial charge in [0.2, 0.25) is 5.13 Å². The van der Waals surface area contributed by atoms with E-state index in [4.69, 9.17) is 9.47 Å². The van der Waals surface area contributed by atoms with Gasteiger partial charge in [-0.15, -0.1) is 10.2 Å². The van der Waals surface area contributed by atoms with Crippen LogP contribution in [0.15, 0.2) is 42.7 Å². The molecule has 2 aromatic heterocycles. The maximum absolute atomic E-state index is 12.5. The average Bonchev–Trinajstić information content (AvgIpc) is 3.15. The molecule has 7 nitrogen and oxygen atoms in total. The zero-order valence-corrected chi connectivity index (χ0v) is 16.0. The number of benzene rings is 1. The van der Waals surface area contributed by atoms with Crippen molar-refractivity contribution in [1.29, 1.82) is 0 Å². The van der Waals surface area contributed by atoms with E-state index in [1.807, 2.05) is 26.0 Å². The van der Waals surface area contributed by atoms with Crippen LogP contribution in [0.2, 0.25) is 0 Å². The standard InChI is InChI=1S/C19H20N4O3S/c1-3-17-22-23-19(27-17)21-18(24)14-7-8-15(16(10-14)25-4-2)26-12-13-6-5-9-20-11-13/h5-11H,3-4,12H2,1-2H3,(H,21,23,24). The first-order valence-electron chi connectivity index (χ1n) is 8.61. The lowest BCUT2D eigenvalue weighted by Gasteiger charge is -2.13. The fourth-order valence-corrected chi connectivity index (χ4v) is 2.97. The van der Waals surface area contributed by atoms with Crippen LogP contribution in [0, 0.1) is 0 Å². The van der Waals surface area contributed by atoms with Gasteiger partial charge in [0.05, 0.1) is 6.61 Å². The lowest BCUT2D eigenvalue weighted by atomic mass is 10.2. The minimum absolute atomic E-state index is 0.270. The van der Waals surface area contributed by atoms with Crippen molar-refractivity contribution < 1.29 is 14.3 Å². The average molecular weight is 384 g/mol. The molecule has 2 heterocycles. The van der Waals surface area contributed by atoms with Crippen LogP contribution < -0.4 is 14.8 Å². The Morgan fingerprint density at radius 1 is 1.15 bits per heavy atom. The first-order valence-corrected chi connectivity index (χ1v) is 9.43. The van der Waals surface area contributed by atoms with Crippen molar-refractivity contribution >= 4 is 22.4 Å². The summed E-state index contributed by atoms with van der Waals surface area (Å²) >= 11 is 1.36. The van der Waals surface area contributed by atoms with E-state index in [9.17, 15) is 4.79 Å². The number of carbonyl (C=O) groups excluding carboxylic acids is 1. The number of nitrogens with zero attached hydrogens (tertiary/aromatic N) is 3. The lowest BCUT2D eigenvalue weighted by Crippen LogP contribution is -2.12. The molecule has 0 bridgehead atoms. The normalized spacial score (nSPS) is 10.4. The number of anilines is 1. The Morgan fingerprint density at radius 2 is 2.04 bits per heavy atom. The molecule has 27 heavy (non-hydrogen) atoms. The van der Waals surface area contributed by atoms with Crippen molar-refractivity contribution in [3.63, 3.8) is 0 Å². The van der Waals surface area contributed by atoms with Gasteiger partial charge in [0.15, 0.2) is 11.5 Å². The van der Waals surface area contributed by atoms with Gasteiger partial charge in [-0.1, -0.05) is 24.3 Å². The molecule has 0 aliphatic heterocycles. The van der Waals surface area contributed by atoms with Crippen LogP contribution in [-0.4, -0.2) is 27.7 Å². The van der Waals surface area contributed by atoms with E-state index < -0.39 is 0 Å². The maximum atomic E-state index is 12.5. The van der Waals surface area contributed by atoms with Gasteiger partial charge in [0, 0.05) is 23.5 Å². The van der Waals surface area contributed by atoms with Crippen LogP contribution in [0.1, 0.15) is 34.8 Å². The number of ether oxygens (including phenoxy) is 2. The number of aromatic nitrogens is 3. The molecular weight excluding hydrogens is 364 g/mol. The molecule has 0 spiro atoms. The first kappa shape index (κ1) is 18.8. The highest BCUT2D eigenvalue weighted by Crippen LogP contribution is 2.30. The third-order valence-corrected chi connectivity index (χ3v) is 4.60. The molecule has 0 unspecified atom stereocenters. The molecule has 0 aliphatic rings. The van der Waals surface area contributed by atoms with Gasteiger partial charge in [-0.25, -0.2) is 0 Å². The molecule has 8 heteroatoms. The molecule has 140 valence electrons. The van der Waals surface area contributed by atoms with E-state index in [1.165, 1.54) is 11.3 Å². The van der Waals surface area contributed by atoms with E-state index in [0.717, 1.165) is 17.0 Å². The Hall–Kier alpha value is -3.00. The topological polar surface area (TPSA) is 86.2 Å². The molecule has 1 aromatic carbocycles. The summed E-state index contributed by atoms with van der Waals surface area (Å²) in [6.07, 6.45) is 4.24. The molecule has 0 aliphatic carbocycles. The van der Waals surface area contributed by atoms with Crippen LogP contribution in [0.3, 0.4) is 0 Å². The van der Waals surface area contributed by atoms with Crippen LogP contribution in [0.25, 0.3) is 0 Å². The molecule has 0 radical (unpaired) electrons. The molecule has 0 saturated heterocycles. The highest BCUT2D eigenvalue weighted by Gasteiger charge is 2.14. The molecule has 0 fully saturated rings. The van der Waals surface area contributed by atoms with Crippen LogP contribution in [0.4, 0.5) is 5.13 Å². The molecule has 3 aromatic rings. The predicted octanol–water partition coefficient (Wildman–Crippen LogP) is 3.73. The number of amides is 1. The number of carbonyl (C=O) groups is 1. The third kappa shape index (κ3) is 5.01. The van der Waals surface area contributed by atoms with Crippen molar-refractivity contribution in [2.24, 2.45) is 0 Å². The zero-order valence-electron chi connectivity index (χ0n) is 15.1. The lowest BCUT2D eigenvalue weighted by molar-refractivity contribution is 0.102. The summed E-state index contributed by atoms with van der Waals surface area (Å²) in [7, 11) is 0. The van der Waals surface area contributed by atoms with Crippen molar-refractivity contribution in [1.82, 2.24) is 15.2 Å². The summed E-state index contributed by atoms with van der Waals surface area (Å²) in [6, 6.07) is 8.88. The Balaban J connectivity index is 1.72. The van der Waals surface area contributed by atoms with E-state index >= 15 is 0 Å². The maximum Gasteiger partial charge on any atom is 0.257 e. The highest BCUT2D eigenvalue weighted by molar-refractivity contribution is 7.15. The fourth-order valence-electron chi connectivity index (χ4n) is 2.30. The van der Waals surface area contributed by atoms with Gasteiger partial charge in [-0.2, -0.15) is 0 Å². The summed E-state index contributed by atoms with van der Waals surface area (Å²) in [5, 5.41) is 12.1. The van der Waals surface area contributed by atoms with Gasteiger partial charge in [0.1, 0.15) is 11.6 Å². The Labute approximate surface area is 161 Å². The van der Waals surface area contributed by atoms with Crippen molar-refractivity contribution in [3.05, 3.63) is 58.9 Å². The molecule has 0 atom stereocenters. The SMILES string of the molecule is CCOc1cc(C(=O)Nc2nnc(CC)s2)ccc1OCc1cccnc1. The van der Waals surface area contributed by atoms with Gasteiger partial charge in [-0.3, -0.25) is 15.1 Å². The Kier molecular flexibility index (Phi) is 6.32. The van der Waals surface area contributed by atoms with Gasteiger partial charge < -0.3 is 9.47 Å². The summed E-state index contributed by atoms with van der Waals surface area (Å²) in [4.78, 5) is 16.5. The van der Waals surface area contributed by atoms with E-state index in [1.54, 1.807) is 30.6 Å². The van der Waals surface area contributed by atoms with E-state index in [0.29, 0.717) is 35.4 Å². The third-order valence-electron chi connectivity index (χ3n) is 3.61. The summed E-state index contributed by atoms with van der Waals surface area (Å²) in [6.45, 7) is 4.70. The minimum Gasteiger partial charge on any atom is -0.490 e. The number of hydrogen-bond acceptors (Lipinski definition) is 7. The van der Waals surface area contributed by atoms with Gasteiger partial charge in [0.25, 0.3) is 5.91 Å². The molecular formula is C19H20N4O3S. The van der Waals surface area contributed by atoms with Crippen LogP contribution >= 0.6 is 11.3 Å².